The molecule has 3 aromatic heterocycles. The van der Waals surface area contributed by atoms with Crippen molar-refractivity contribution in [1.29, 1.82) is 0 Å². The van der Waals surface area contributed by atoms with E-state index in [1.165, 1.54) is 25.5 Å². The zero-order valence-corrected chi connectivity index (χ0v) is 17.9. The van der Waals surface area contributed by atoms with Crippen LogP contribution in [-0.4, -0.2) is 31.9 Å². The summed E-state index contributed by atoms with van der Waals surface area (Å²) in [5.74, 6) is 1.03. The van der Waals surface area contributed by atoms with Crippen LogP contribution < -0.4 is 4.90 Å². The highest BCUT2D eigenvalue weighted by Gasteiger charge is 2.30. The number of pyridine rings is 1. The molecule has 2 atom stereocenters. The molecule has 0 aromatic carbocycles. The molecule has 2 fully saturated rings. The van der Waals surface area contributed by atoms with E-state index < -0.39 is 0 Å². The van der Waals surface area contributed by atoms with Gasteiger partial charge in [0.15, 0.2) is 11.4 Å². The molecule has 2 unspecified atom stereocenters. The minimum Gasteiger partial charge on any atom is -0.349 e. The Morgan fingerprint density at radius 3 is 2.77 bits per heavy atom. The van der Waals surface area contributed by atoms with Crippen LogP contribution in [0, 0.1) is 17.7 Å². The summed E-state index contributed by atoms with van der Waals surface area (Å²) in [5, 5.41) is 4.38. The van der Waals surface area contributed by atoms with E-state index in [0.717, 1.165) is 43.6 Å². The molecule has 162 valence electrons. The average Bonchev–Trinajstić information content (AvgIpc) is 3.45. The maximum absolute atomic E-state index is 13.7. The monoisotopic (exact) mass is 421 g/mol. The first-order chi connectivity index (χ1) is 15.1. The van der Waals surface area contributed by atoms with Crippen molar-refractivity contribution >= 4 is 17.2 Å². The van der Waals surface area contributed by atoms with E-state index in [1.807, 2.05) is 12.3 Å². The smallest absolute Gasteiger partial charge is 0.171 e. The number of Topliss-reactive ketones (excluding diaryl/α,β-unsaturated/α-hetero) is 1. The van der Waals surface area contributed by atoms with Crippen molar-refractivity contribution in [3.8, 4) is 0 Å². The van der Waals surface area contributed by atoms with Gasteiger partial charge in [0.05, 0.1) is 24.0 Å². The third kappa shape index (κ3) is 3.82. The van der Waals surface area contributed by atoms with Crippen LogP contribution in [-0.2, 0) is 0 Å². The van der Waals surface area contributed by atoms with Crippen LogP contribution in [0.2, 0.25) is 0 Å². The highest BCUT2D eigenvalue weighted by atomic mass is 19.1. The van der Waals surface area contributed by atoms with E-state index >= 15 is 0 Å². The van der Waals surface area contributed by atoms with Gasteiger partial charge in [-0.2, -0.15) is 5.10 Å². The quantitative estimate of drug-likeness (QED) is 0.542. The molecule has 0 bridgehead atoms. The largest absolute Gasteiger partial charge is 0.349 e. The Morgan fingerprint density at radius 2 is 1.97 bits per heavy atom. The standard InChI is InChI=1S/C24H28FN5O/c1-16(17-6-3-2-4-7-17)23(31)20-15-27-30-11-9-22(28-24(20)30)29-10-5-8-21(29)18-12-19(25)14-26-13-18/h9,11-17,21H,2-8,10H2,1H3. The zero-order chi connectivity index (χ0) is 21.4. The van der Waals surface area contributed by atoms with E-state index in [9.17, 15) is 9.18 Å². The second kappa shape index (κ2) is 8.36. The van der Waals surface area contributed by atoms with E-state index in [-0.39, 0.29) is 23.6 Å². The fourth-order valence-corrected chi connectivity index (χ4v) is 5.28. The summed E-state index contributed by atoms with van der Waals surface area (Å²) in [4.78, 5) is 24.4. The van der Waals surface area contributed by atoms with Gasteiger partial charge in [-0.15, -0.1) is 0 Å². The fraction of sp³-hybridized carbons (Fsp3) is 0.500. The number of carbonyl (C=O) groups is 1. The van der Waals surface area contributed by atoms with Crippen molar-refractivity contribution in [2.24, 2.45) is 11.8 Å². The maximum Gasteiger partial charge on any atom is 0.171 e. The molecule has 1 saturated carbocycles. The van der Waals surface area contributed by atoms with Crippen LogP contribution in [0.5, 0.6) is 0 Å². The van der Waals surface area contributed by atoms with Crippen LogP contribution in [0.3, 0.4) is 0 Å². The summed E-state index contributed by atoms with van der Waals surface area (Å²) < 4.78 is 15.4. The Morgan fingerprint density at radius 1 is 1.13 bits per heavy atom. The lowest BCUT2D eigenvalue weighted by molar-refractivity contribution is 0.0865. The number of hydrogen-bond donors (Lipinski definition) is 0. The normalized spacial score (nSPS) is 21.0. The van der Waals surface area contributed by atoms with E-state index in [0.29, 0.717) is 17.1 Å². The van der Waals surface area contributed by atoms with Crippen molar-refractivity contribution in [3.63, 3.8) is 0 Å². The van der Waals surface area contributed by atoms with Crippen molar-refractivity contribution in [2.75, 3.05) is 11.4 Å². The lowest BCUT2D eigenvalue weighted by Gasteiger charge is -2.27. The summed E-state index contributed by atoms with van der Waals surface area (Å²) in [7, 11) is 0. The minimum atomic E-state index is -0.326. The second-order valence-corrected chi connectivity index (χ2v) is 8.95. The predicted molar refractivity (Wildman–Crippen MR) is 117 cm³/mol. The molecule has 1 aliphatic heterocycles. The molecule has 2 aliphatic rings. The molecule has 31 heavy (non-hydrogen) atoms. The molecule has 0 spiro atoms. The van der Waals surface area contributed by atoms with Gasteiger partial charge in [-0.3, -0.25) is 9.78 Å². The summed E-state index contributed by atoms with van der Waals surface area (Å²) in [6, 6.07) is 3.50. The van der Waals surface area contributed by atoms with E-state index in [1.54, 1.807) is 23.0 Å². The second-order valence-electron chi connectivity index (χ2n) is 8.95. The Balaban J connectivity index is 1.45. The number of fused-ring (bicyclic) bond motifs is 1. The molecule has 1 aliphatic carbocycles. The minimum absolute atomic E-state index is 0.0170. The van der Waals surface area contributed by atoms with Gasteiger partial charge in [-0.05, 0) is 49.3 Å². The van der Waals surface area contributed by atoms with Gasteiger partial charge >= 0.3 is 0 Å². The number of aromatic nitrogens is 4. The van der Waals surface area contributed by atoms with Gasteiger partial charge in [0.25, 0.3) is 0 Å². The Hall–Kier alpha value is -2.83. The van der Waals surface area contributed by atoms with Crippen molar-refractivity contribution in [3.05, 3.63) is 53.9 Å². The van der Waals surface area contributed by atoms with Gasteiger partial charge in [-0.25, -0.2) is 13.9 Å². The molecule has 5 rings (SSSR count). The Labute approximate surface area is 181 Å². The first-order valence-electron chi connectivity index (χ1n) is 11.4. The SMILES string of the molecule is CC(C(=O)c1cnn2ccc(N3CCCC3c3cncc(F)c3)nc12)C1CCCCC1. The van der Waals surface area contributed by atoms with Gasteiger partial charge in [0.1, 0.15) is 11.6 Å². The highest BCUT2D eigenvalue weighted by molar-refractivity contribution is 6.02. The van der Waals surface area contributed by atoms with Gasteiger partial charge < -0.3 is 4.90 Å². The third-order valence-electron chi connectivity index (χ3n) is 7.05. The van der Waals surface area contributed by atoms with Crippen LogP contribution in [0.25, 0.3) is 5.65 Å². The summed E-state index contributed by atoms with van der Waals surface area (Å²) >= 11 is 0. The van der Waals surface area contributed by atoms with Gasteiger partial charge in [0, 0.05) is 24.9 Å². The average molecular weight is 422 g/mol. The first kappa shape index (κ1) is 20.1. The maximum atomic E-state index is 13.7. The first-order valence-corrected chi connectivity index (χ1v) is 11.4. The molecule has 7 heteroatoms. The van der Waals surface area contributed by atoms with Crippen LogP contribution in [0.1, 0.15) is 73.8 Å². The summed E-state index contributed by atoms with van der Waals surface area (Å²) in [5.41, 5.74) is 2.06. The number of carbonyl (C=O) groups excluding carboxylic acids is 1. The highest BCUT2D eigenvalue weighted by Crippen LogP contribution is 2.36. The van der Waals surface area contributed by atoms with Gasteiger partial charge in [0.2, 0.25) is 0 Å². The molecule has 1 saturated heterocycles. The molecule has 3 aromatic rings. The fourth-order valence-electron chi connectivity index (χ4n) is 5.28. The van der Waals surface area contributed by atoms with Crippen molar-refractivity contribution in [1.82, 2.24) is 19.6 Å². The molecular weight excluding hydrogens is 393 g/mol. The lowest BCUT2D eigenvalue weighted by Crippen LogP contribution is -2.25. The van der Waals surface area contributed by atoms with Crippen molar-refractivity contribution in [2.45, 2.75) is 57.9 Å². The van der Waals surface area contributed by atoms with Crippen molar-refractivity contribution < 1.29 is 9.18 Å². The number of ketones is 1. The van der Waals surface area contributed by atoms with E-state index in [2.05, 4.69) is 21.9 Å². The molecule has 6 nitrogen and oxygen atoms in total. The van der Waals surface area contributed by atoms with Gasteiger partial charge in [-0.1, -0.05) is 26.2 Å². The molecule has 0 radical (unpaired) electrons. The lowest BCUT2D eigenvalue weighted by atomic mass is 9.78. The third-order valence-corrected chi connectivity index (χ3v) is 7.05. The number of anilines is 1. The molecular formula is C24H28FN5O. The number of nitrogens with zero attached hydrogens (tertiary/aromatic N) is 5. The Bertz CT molecular complexity index is 1090. The summed E-state index contributed by atoms with van der Waals surface area (Å²) in [6.45, 7) is 2.89. The number of rotatable bonds is 5. The molecule has 4 heterocycles. The van der Waals surface area contributed by atoms with Crippen LogP contribution >= 0.6 is 0 Å². The number of halogens is 1. The van der Waals surface area contributed by atoms with Crippen LogP contribution in [0.15, 0.2) is 36.9 Å². The Kier molecular flexibility index (Phi) is 5.42. The summed E-state index contributed by atoms with van der Waals surface area (Å²) in [6.07, 6.45) is 14.3. The topological polar surface area (TPSA) is 63.4 Å². The van der Waals surface area contributed by atoms with Crippen LogP contribution in [0.4, 0.5) is 10.2 Å². The molecule has 0 N–H and O–H groups in total. The van der Waals surface area contributed by atoms with E-state index in [4.69, 9.17) is 4.98 Å². The zero-order valence-electron chi connectivity index (χ0n) is 17.9. The predicted octanol–water partition coefficient (Wildman–Crippen LogP) is 5.00. The number of hydrogen-bond acceptors (Lipinski definition) is 5. The molecule has 0 amide bonds.